The number of halogens is 2. The first-order valence-electron chi connectivity index (χ1n) is 7.85. The van der Waals surface area contributed by atoms with Gasteiger partial charge in [-0.1, -0.05) is 28.1 Å². The minimum atomic E-state index is 0. The molecule has 0 aromatic heterocycles. The lowest BCUT2D eigenvalue weighted by Crippen LogP contribution is -2.38. The van der Waals surface area contributed by atoms with Gasteiger partial charge in [0.25, 0.3) is 0 Å². The van der Waals surface area contributed by atoms with E-state index in [2.05, 4.69) is 57.8 Å². The van der Waals surface area contributed by atoms with Crippen LogP contribution in [-0.2, 0) is 11.2 Å². The van der Waals surface area contributed by atoms with Crippen LogP contribution in [0.5, 0.6) is 0 Å². The maximum atomic E-state index is 12.4. The second-order valence-electron chi connectivity index (χ2n) is 6.61. The Hall–Kier alpha value is -0.580. The summed E-state index contributed by atoms with van der Waals surface area (Å²) in [5.41, 5.74) is 1.59. The third-order valence-electron chi connectivity index (χ3n) is 4.95. The average Bonchev–Trinajstić information content (AvgIpc) is 3.16. The molecule has 1 amide bonds. The molecule has 0 bridgehead atoms. The summed E-state index contributed by atoms with van der Waals surface area (Å²) in [6.45, 7) is 4.23. The third-order valence-corrected chi connectivity index (χ3v) is 5.48. The lowest BCUT2D eigenvalue weighted by Gasteiger charge is -2.23. The number of carbonyl (C=O) groups is 1. The van der Waals surface area contributed by atoms with Gasteiger partial charge in [0.2, 0.25) is 5.91 Å². The van der Waals surface area contributed by atoms with E-state index in [0.717, 1.165) is 43.2 Å². The highest BCUT2D eigenvalue weighted by Crippen LogP contribution is 2.58. The van der Waals surface area contributed by atoms with Gasteiger partial charge in [-0.15, -0.1) is 12.4 Å². The van der Waals surface area contributed by atoms with Crippen molar-refractivity contribution in [3.63, 3.8) is 0 Å². The molecular formula is C17H24BrClN2O. The molecule has 2 fully saturated rings. The van der Waals surface area contributed by atoms with Crippen LogP contribution < -0.4 is 10.6 Å². The predicted molar refractivity (Wildman–Crippen MR) is 95.3 cm³/mol. The summed E-state index contributed by atoms with van der Waals surface area (Å²) < 4.78 is 1.09. The van der Waals surface area contributed by atoms with Crippen molar-refractivity contribution in [2.75, 3.05) is 13.1 Å². The largest absolute Gasteiger partial charge is 0.353 e. The van der Waals surface area contributed by atoms with Crippen molar-refractivity contribution in [1.29, 1.82) is 0 Å². The van der Waals surface area contributed by atoms with Crippen LogP contribution in [0.3, 0.4) is 0 Å². The standard InChI is InChI=1S/C17H23BrN2O.ClH/c1-12(10-13-2-4-14(18)5-3-13)20-16(21)15-11-17(15)6-8-19-9-7-17;/h2-5,12,15,19H,6-11H2,1H3,(H,20,21);1H. The summed E-state index contributed by atoms with van der Waals surface area (Å²) in [6, 6.07) is 8.51. The summed E-state index contributed by atoms with van der Waals surface area (Å²) in [4.78, 5) is 12.4. The van der Waals surface area contributed by atoms with Gasteiger partial charge in [-0.05, 0) is 68.8 Å². The fourth-order valence-electron chi connectivity index (χ4n) is 3.56. The number of hydrogen-bond acceptors (Lipinski definition) is 2. The molecule has 122 valence electrons. The molecule has 2 N–H and O–H groups in total. The van der Waals surface area contributed by atoms with E-state index in [1.807, 2.05) is 0 Å². The number of benzene rings is 1. The normalized spacial score (nSPS) is 23.5. The highest BCUT2D eigenvalue weighted by Gasteiger charge is 2.57. The predicted octanol–water partition coefficient (Wildman–Crippen LogP) is 3.31. The van der Waals surface area contributed by atoms with Crippen molar-refractivity contribution in [3.8, 4) is 0 Å². The molecule has 1 aromatic rings. The number of carbonyl (C=O) groups excluding carboxylic acids is 1. The van der Waals surface area contributed by atoms with Crippen LogP contribution in [-0.4, -0.2) is 25.0 Å². The maximum Gasteiger partial charge on any atom is 0.223 e. The molecule has 3 nitrogen and oxygen atoms in total. The first-order valence-corrected chi connectivity index (χ1v) is 8.64. The molecule has 1 saturated heterocycles. The zero-order valence-electron chi connectivity index (χ0n) is 12.9. The molecule has 2 atom stereocenters. The van der Waals surface area contributed by atoms with Crippen LogP contribution in [0, 0.1) is 11.3 Å². The van der Waals surface area contributed by atoms with E-state index in [9.17, 15) is 4.79 Å². The van der Waals surface area contributed by atoms with Gasteiger partial charge in [-0.2, -0.15) is 0 Å². The molecule has 1 aliphatic heterocycles. The molecule has 1 saturated carbocycles. The quantitative estimate of drug-likeness (QED) is 0.832. The molecule has 2 unspecified atom stereocenters. The Kier molecular flexibility index (Phi) is 5.92. The van der Waals surface area contributed by atoms with Crippen molar-refractivity contribution in [1.82, 2.24) is 10.6 Å². The van der Waals surface area contributed by atoms with Gasteiger partial charge < -0.3 is 10.6 Å². The summed E-state index contributed by atoms with van der Waals surface area (Å²) in [5.74, 6) is 0.522. The van der Waals surface area contributed by atoms with E-state index in [1.54, 1.807) is 0 Å². The molecule has 1 aromatic carbocycles. The molecule has 1 aliphatic carbocycles. The van der Waals surface area contributed by atoms with Gasteiger partial charge in [0, 0.05) is 16.4 Å². The third kappa shape index (κ3) is 4.03. The summed E-state index contributed by atoms with van der Waals surface area (Å²) >= 11 is 3.45. The zero-order chi connectivity index (χ0) is 14.9. The first kappa shape index (κ1) is 17.8. The van der Waals surface area contributed by atoms with Crippen LogP contribution in [0.1, 0.15) is 31.7 Å². The van der Waals surface area contributed by atoms with Crippen molar-refractivity contribution < 1.29 is 4.79 Å². The molecule has 3 rings (SSSR count). The summed E-state index contributed by atoms with van der Waals surface area (Å²) in [5, 5.41) is 6.59. The highest BCUT2D eigenvalue weighted by atomic mass is 79.9. The van der Waals surface area contributed by atoms with E-state index in [1.165, 1.54) is 5.56 Å². The Bertz CT molecular complexity index is 514. The highest BCUT2D eigenvalue weighted by molar-refractivity contribution is 9.10. The fourth-order valence-corrected chi connectivity index (χ4v) is 3.83. The molecule has 1 spiro atoms. The summed E-state index contributed by atoms with van der Waals surface area (Å²) in [6.07, 6.45) is 4.30. The van der Waals surface area contributed by atoms with E-state index in [4.69, 9.17) is 0 Å². The van der Waals surface area contributed by atoms with Gasteiger partial charge >= 0.3 is 0 Å². The molecular weight excluding hydrogens is 364 g/mol. The smallest absolute Gasteiger partial charge is 0.223 e. The minimum absolute atomic E-state index is 0. The number of rotatable bonds is 4. The van der Waals surface area contributed by atoms with Gasteiger partial charge in [-0.3, -0.25) is 4.79 Å². The van der Waals surface area contributed by atoms with E-state index in [-0.39, 0.29) is 30.3 Å². The maximum absolute atomic E-state index is 12.4. The first-order chi connectivity index (χ1) is 10.1. The van der Waals surface area contributed by atoms with Gasteiger partial charge in [0.15, 0.2) is 0 Å². The van der Waals surface area contributed by atoms with Crippen molar-refractivity contribution in [2.24, 2.45) is 11.3 Å². The van der Waals surface area contributed by atoms with E-state index < -0.39 is 0 Å². The van der Waals surface area contributed by atoms with Crippen LogP contribution in [0.4, 0.5) is 0 Å². The van der Waals surface area contributed by atoms with Crippen molar-refractivity contribution >= 4 is 34.2 Å². The Morgan fingerprint density at radius 3 is 2.64 bits per heavy atom. The number of nitrogens with one attached hydrogen (secondary N) is 2. The molecule has 2 aliphatic rings. The fraction of sp³-hybridized carbons (Fsp3) is 0.588. The van der Waals surface area contributed by atoms with Crippen LogP contribution in [0.25, 0.3) is 0 Å². The van der Waals surface area contributed by atoms with Crippen molar-refractivity contribution in [2.45, 2.75) is 38.6 Å². The number of amides is 1. The van der Waals surface area contributed by atoms with Gasteiger partial charge in [0.05, 0.1) is 0 Å². The van der Waals surface area contributed by atoms with Crippen LogP contribution in [0.15, 0.2) is 28.7 Å². The second kappa shape index (κ2) is 7.33. The van der Waals surface area contributed by atoms with Crippen LogP contribution in [0.2, 0.25) is 0 Å². The van der Waals surface area contributed by atoms with E-state index >= 15 is 0 Å². The van der Waals surface area contributed by atoms with E-state index in [0.29, 0.717) is 5.41 Å². The topological polar surface area (TPSA) is 41.1 Å². The Balaban J connectivity index is 0.00000176. The number of hydrogen-bond donors (Lipinski definition) is 2. The molecule has 1 heterocycles. The summed E-state index contributed by atoms with van der Waals surface area (Å²) in [7, 11) is 0. The molecule has 5 heteroatoms. The van der Waals surface area contributed by atoms with Gasteiger partial charge in [-0.25, -0.2) is 0 Å². The van der Waals surface area contributed by atoms with Crippen LogP contribution >= 0.6 is 28.3 Å². The Morgan fingerprint density at radius 2 is 2.00 bits per heavy atom. The van der Waals surface area contributed by atoms with Gasteiger partial charge in [0.1, 0.15) is 0 Å². The zero-order valence-corrected chi connectivity index (χ0v) is 15.3. The lowest BCUT2D eigenvalue weighted by molar-refractivity contribution is -0.123. The Labute approximate surface area is 147 Å². The Morgan fingerprint density at radius 1 is 1.36 bits per heavy atom. The molecule has 22 heavy (non-hydrogen) atoms. The minimum Gasteiger partial charge on any atom is -0.353 e. The number of piperidine rings is 1. The van der Waals surface area contributed by atoms with Crippen molar-refractivity contribution in [3.05, 3.63) is 34.3 Å². The SMILES string of the molecule is CC(Cc1ccc(Br)cc1)NC(=O)C1CC12CCNCC2.Cl. The average molecular weight is 388 g/mol. The monoisotopic (exact) mass is 386 g/mol. The lowest BCUT2D eigenvalue weighted by atomic mass is 9.91. The second-order valence-corrected chi connectivity index (χ2v) is 7.52. The molecule has 0 radical (unpaired) electrons.